The number of halogens is 1. The Morgan fingerprint density at radius 1 is 1.14 bits per heavy atom. The van der Waals surface area contributed by atoms with Gasteiger partial charge in [-0.2, -0.15) is 14.5 Å². The minimum atomic E-state index is -4.70. The van der Waals surface area contributed by atoms with Gasteiger partial charge in [0, 0.05) is 29.1 Å². The van der Waals surface area contributed by atoms with Crippen molar-refractivity contribution < 1.29 is 18.6 Å². The molecule has 2 aromatic carbocycles. The van der Waals surface area contributed by atoms with Crippen molar-refractivity contribution in [2.45, 2.75) is 32.7 Å². The highest BCUT2D eigenvalue weighted by Gasteiger charge is 2.52. The van der Waals surface area contributed by atoms with Gasteiger partial charge in [-0.15, -0.1) is 10.2 Å². The maximum Gasteiger partial charge on any atom is 0.537 e. The van der Waals surface area contributed by atoms with E-state index < -0.39 is 12.0 Å². The summed E-state index contributed by atoms with van der Waals surface area (Å²) in [5, 5.41) is 15.4. The Balaban J connectivity index is 1.62. The Hall–Kier alpha value is -3.14. The highest BCUT2D eigenvalue weighted by Crippen LogP contribution is 2.55. The molecule has 12 heteroatoms. The van der Waals surface area contributed by atoms with Crippen LogP contribution in [0.2, 0.25) is 0 Å². The highest BCUT2D eigenvalue weighted by molar-refractivity contribution is 7.46. The Kier molecular flexibility index (Phi) is 6.16. The average molecular weight is 513 g/mol. The lowest BCUT2D eigenvalue weighted by Gasteiger charge is -2.32. The molecule has 0 saturated carbocycles. The van der Waals surface area contributed by atoms with Crippen LogP contribution in [-0.4, -0.2) is 45.1 Å². The topological polar surface area (TPSA) is 129 Å². The second-order valence-electron chi connectivity index (χ2n) is 8.37. The van der Waals surface area contributed by atoms with Crippen LogP contribution in [0.4, 0.5) is 0 Å². The van der Waals surface area contributed by atoms with Gasteiger partial charge < -0.3 is 4.57 Å². The lowest BCUT2D eigenvalue weighted by Crippen LogP contribution is -2.42. The average Bonchev–Trinajstić information content (AvgIpc) is 3.57. The summed E-state index contributed by atoms with van der Waals surface area (Å²) >= 11 is 6.20. The molecule has 0 bridgehead atoms. The summed E-state index contributed by atoms with van der Waals surface area (Å²) in [6, 6.07) is 15.4. The van der Waals surface area contributed by atoms with Crippen LogP contribution in [0.1, 0.15) is 31.7 Å². The van der Waals surface area contributed by atoms with Crippen LogP contribution in [-0.2, 0) is 11.1 Å². The molecule has 1 unspecified atom stereocenters. The van der Waals surface area contributed by atoms with Gasteiger partial charge >= 0.3 is 7.75 Å². The van der Waals surface area contributed by atoms with E-state index in [-0.39, 0.29) is 11.7 Å². The van der Waals surface area contributed by atoms with Crippen molar-refractivity contribution in [2.24, 2.45) is 4.99 Å². The van der Waals surface area contributed by atoms with E-state index in [2.05, 4.69) is 25.6 Å². The standard InChI is InChI=1S/C23H23ClN7O3P/c1-2-3-11-22-25-21(24)15-31(22,35(32,33)34)14-16-7-6-10-19-17(16)12-13-30(19)20-9-5-4-8-18(20)23-26-28-29-27-23/h4-10,12-13,15H,2-3,11,14H2,1H3,(H2-,26,27,28,29,32,33,34)/p+1. The van der Waals surface area contributed by atoms with Crippen LogP contribution in [0.3, 0.4) is 0 Å². The second-order valence-corrected chi connectivity index (χ2v) is 10.5. The molecule has 4 aromatic rings. The lowest BCUT2D eigenvalue weighted by molar-refractivity contribution is -0.686. The number of fused-ring (bicyclic) bond motifs is 1. The molecule has 1 atom stereocenters. The van der Waals surface area contributed by atoms with Crippen molar-refractivity contribution in [3.8, 4) is 17.1 Å². The van der Waals surface area contributed by atoms with E-state index in [4.69, 9.17) is 11.6 Å². The number of nitrogens with zero attached hydrogens (tertiary/aromatic N) is 6. The number of tetrazole rings is 1. The van der Waals surface area contributed by atoms with Crippen LogP contribution < -0.4 is 0 Å². The Bertz CT molecular complexity index is 1490. The normalized spacial score (nSPS) is 18.2. The van der Waals surface area contributed by atoms with Gasteiger partial charge in [0.2, 0.25) is 11.7 Å². The van der Waals surface area contributed by atoms with Crippen molar-refractivity contribution in [1.29, 1.82) is 0 Å². The number of aliphatic imine (C=N–C) groups is 1. The molecular formula is C23H24ClN7O3P+. The highest BCUT2D eigenvalue weighted by atomic mass is 35.5. The zero-order valence-corrected chi connectivity index (χ0v) is 20.6. The molecule has 0 amide bonds. The molecule has 1 aliphatic rings. The van der Waals surface area contributed by atoms with E-state index in [0.717, 1.165) is 40.6 Å². The van der Waals surface area contributed by atoms with E-state index in [1.54, 1.807) is 0 Å². The smallest absolute Gasteiger partial charge is 0.316 e. The molecule has 180 valence electrons. The number of hydrogen-bond acceptors (Lipinski definition) is 5. The molecule has 0 fully saturated rings. The van der Waals surface area contributed by atoms with Crippen molar-refractivity contribution in [3.05, 3.63) is 71.6 Å². The summed E-state index contributed by atoms with van der Waals surface area (Å²) in [5.74, 6) is 0.849. The number of benzene rings is 2. The molecule has 1 aliphatic heterocycles. The van der Waals surface area contributed by atoms with Crippen LogP contribution >= 0.6 is 19.3 Å². The summed E-state index contributed by atoms with van der Waals surface area (Å²) in [6.45, 7) is 2.05. The van der Waals surface area contributed by atoms with E-state index in [1.165, 1.54) is 6.20 Å². The first-order valence-electron chi connectivity index (χ1n) is 11.2. The largest absolute Gasteiger partial charge is 0.537 e. The maximum absolute atomic E-state index is 12.9. The van der Waals surface area contributed by atoms with Gasteiger partial charge in [0.25, 0.3) is 0 Å². The van der Waals surface area contributed by atoms with E-state index in [0.29, 0.717) is 18.1 Å². The molecule has 0 radical (unpaired) electrons. The molecule has 3 heterocycles. The molecule has 10 nitrogen and oxygen atoms in total. The number of H-pyrrole nitrogens is 1. The van der Waals surface area contributed by atoms with Crippen LogP contribution in [0.25, 0.3) is 28.0 Å². The van der Waals surface area contributed by atoms with Gasteiger partial charge in [-0.05, 0) is 35.9 Å². The molecule has 5 rings (SSSR count). The summed E-state index contributed by atoms with van der Waals surface area (Å²) in [6.07, 6.45) is 5.37. The van der Waals surface area contributed by atoms with Crippen molar-refractivity contribution >= 4 is 36.1 Å². The third-order valence-electron chi connectivity index (χ3n) is 6.21. The van der Waals surface area contributed by atoms with E-state index in [1.807, 2.05) is 66.2 Å². The number of quaternary nitrogens is 1. The zero-order chi connectivity index (χ0) is 24.6. The number of aromatic nitrogens is 5. The van der Waals surface area contributed by atoms with Crippen LogP contribution in [0.5, 0.6) is 0 Å². The van der Waals surface area contributed by atoms with Crippen molar-refractivity contribution in [2.75, 3.05) is 0 Å². The minimum Gasteiger partial charge on any atom is -0.316 e. The van der Waals surface area contributed by atoms with Gasteiger partial charge in [-0.25, -0.2) is 4.57 Å². The molecule has 0 aliphatic carbocycles. The van der Waals surface area contributed by atoms with Crippen LogP contribution in [0.15, 0.2) is 71.1 Å². The SMILES string of the molecule is CCCCC1=NC(Cl)=C[N+]1(Cc1cccc2c1ccn2-c1ccccc1-c1nn[nH]n1)P(=O)(O)O. The summed E-state index contributed by atoms with van der Waals surface area (Å²) < 4.78 is 14.2. The number of unbranched alkanes of at least 4 members (excludes halogenated alkanes) is 1. The molecule has 0 saturated heterocycles. The second kappa shape index (κ2) is 9.14. The summed E-state index contributed by atoms with van der Waals surface area (Å²) in [5.41, 5.74) is 3.30. The third kappa shape index (κ3) is 4.13. The molecule has 2 aromatic heterocycles. The quantitative estimate of drug-likeness (QED) is 0.228. The van der Waals surface area contributed by atoms with Gasteiger partial charge in [0.1, 0.15) is 12.7 Å². The lowest BCUT2D eigenvalue weighted by atomic mass is 10.1. The predicted octanol–water partition coefficient (Wildman–Crippen LogP) is 4.86. The summed E-state index contributed by atoms with van der Waals surface area (Å²) in [4.78, 5) is 25.3. The summed E-state index contributed by atoms with van der Waals surface area (Å²) in [7, 11) is -4.70. The number of nitrogens with one attached hydrogen (secondary N) is 1. The number of amidine groups is 1. The first-order valence-corrected chi connectivity index (χ1v) is 13.1. The predicted molar refractivity (Wildman–Crippen MR) is 133 cm³/mol. The maximum atomic E-state index is 12.9. The van der Waals surface area contributed by atoms with Gasteiger partial charge in [0.05, 0.1) is 11.2 Å². The Morgan fingerprint density at radius 2 is 1.97 bits per heavy atom. The fourth-order valence-corrected chi connectivity index (χ4v) is 5.89. The van der Waals surface area contributed by atoms with E-state index >= 15 is 0 Å². The van der Waals surface area contributed by atoms with E-state index in [9.17, 15) is 14.4 Å². The number of rotatable bonds is 8. The van der Waals surface area contributed by atoms with Gasteiger partial charge in [-0.3, -0.25) is 9.79 Å². The van der Waals surface area contributed by atoms with Gasteiger partial charge in [0.15, 0.2) is 5.16 Å². The molecule has 0 spiro atoms. The fourth-order valence-electron chi connectivity index (χ4n) is 4.52. The third-order valence-corrected chi connectivity index (χ3v) is 7.81. The van der Waals surface area contributed by atoms with Crippen molar-refractivity contribution in [1.82, 2.24) is 25.2 Å². The molecular weight excluding hydrogens is 489 g/mol. The number of aromatic amines is 1. The Labute approximate surface area is 206 Å². The fraction of sp³-hybridized carbons (Fsp3) is 0.217. The van der Waals surface area contributed by atoms with Gasteiger partial charge in [-0.1, -0.05) is 49.2 Å². The zero-order valence-electron chi connectivity index (χ0n) is 18.9. The van der Waals surface area contributed by atoms with Crippen molar-refractivity contribution in [3.63, 3.8) is 0 Å². The first-order chi connectivity index (χ1) is 16.8. The molecule has 3 N–H and O–H groups in total. The first kappa shape index (κ1) is 23.6. The molecule has 35 heavy (non-hydrogen) atoms. The van der Waals surface area contributed by atoms with Crippen LogP contribution in [0, 0.1) is 0 Å². The Morgan fingerprint density at radius 3 is 2.71 bits per heavy atom. The number of hydrogen-bond donors (Lipinski definition) is 3. The number of para-hydroxylation sites is 1. The monoisotopic (exact) mass is 512 g/mol. The minimum absolute atomic E-state index is 0.0247.